The van der Waals surface area contributed by atoms with Crippen LogP contribution in [0.3, 0.4) is 0 Å². The molecule has 1 fully saturated rings. The van der Waals surface area contributed by atoms with E-state index in [0.29, 0.717) is 12.5 Å². The van der Waals surface area contributed by atoms with Crippen molar-refractivity contribution in [2.45, 2.75) is 19.8 Å². The highest BCUT2D eigenvalue weighted by Crippen LogP contribution is 2.29. The Bertz CT molecular complexity index is 470. The van der Waals surface area contributed by atoms with Crippen LogP contribution in [-0.4, -0.2) is 18.4 Å². The summed E-state index contributed by atoms with van der Waals surface area (Å²) in [7, 11) is 0. The molecule has 3 nitrogen and oxygen atoms in total. The molecule has 94 valence electrons. The van der Waals surface area contributed by atoms with Gasteiger partial charge < -0.3 is 4.74 Å². The van der Waals surface area contributed by atoms with E-state index in [0.717, 1.165) is 18.4 Å². The summed E-state index contributed by atoms with van der Waals surface area (Å²) >= 11 is 0. The van der Waals surface area contributed by atoms with Gasteiger partial charge in [-0.2, -0.15) is 0 Å². The van der Waals surface area contributed by atoms with Crippen molar-refractivity contribution in [2.75, 3.05) is 6.61 Å². The molecule has 0 heterocycles. The van der Waals surface area contributed by atoms with Crippen molar-refractivity contribution in [1.29, 1.82) is 0 Å². The van der Waals surface area contributed by atoms with Gasteiger partial charge in [-0.1, -0.05) is 30.3 Å². The Morgan fingerprint density at radius 2 is 1.94 bits per heavy atom. The van der Waals surface area contributed by atoms with Crippen LogP contribution in [0.15, 0.2) is 35.9 Å². The number of hydrogen-bond acceptors (Lipinski definition) is 3. The molecule has 0 N–H and O–H groups in total. The van der Waals surface area contributed by atoms with Crippen LogP contribution >= 0.6 is 0 Å². The first-order valence-corrected chi connectivity index (χ1v) is 6.11. The molecule has 18 heavy (non-hydrogen) atoms. The molecular formula is C15H16O3. The van der Waals surface area contributed by atoms with Crippen LogP contribution in [0.25, 0.3) is 6.08 Å². The van der Waals surface area contributed by atoms with Gasteiger partial charge in [0.05, 0.1) is 6.61 Å². The standard InChI is InChI=1S/C15H16O3/c1-11(16)14(9-12-5-3-2-4-6-12)15(17)18-10-13-7-8-13/h2-6,9,13H,7-8,10H2,1H3/b14-9+. The predicted octanol–water partition coefficient (Wildman–Crippen LogP) is 2.61. The monoisotopic (exact) mass is 244 g/mol. The van der Waals surface area contributed by atoms with Gasteiger partial charge >= 0.3 is 5.97 Å². The molecule has 0 saturated heterocycles. The van der Waals surface area contributed by atoms with Crippen LogP contribution in [0.5, 0.6) is 0 Å². The smallest absolute Gasteiger partial charge is 0.341 e. The first-order valence-electron chi connectivity index (χ1n) is 6.11. The van der Waals surface area contributed by atoms with Crippen molar-refractivity contribution < 1.29 is 14.3 Å². The molecular weight excluding hydrogens is 228 g/mol. The fourth-order valence-corrected chi connectivity index (χ4v) is 1.58. The predicted molar refractivity (Wildman–Crippen MR) is 68.8 cm³/mol. The fourth-order valence-electron chi connectivity index (χ4n) is 1.58. The highest BCUT2D eigenvalue weighted by Gasteiger charge is 2.24. The molecule has 0 radical (unpaired) electrons. The Morgan fingerprint density at radius 1 is 1.28 bits per heavy atom. The Balaban J connectivity index is 2.09. The molecule has 0 spiro atoms. The third-order valence-electron chi connectivity index (χ3n) is 2.86. The lowest BCUT2D eigenvalue weighted by Crippen LogP contribution is -2.15. The lowest BCUT2D eigenvalue weighted by Gasteiger charge is -2.05. The van der Waals surface area contributed by atoms with Gasteiger partial charge in [0.15, 0.2) is 5.78 Å². The van der Waals surface area contributed by atoms with E-state index < -0.39 is 5.97 Å². The number of hydrogen-bond donors (Lipinski definition) is 0. The van der Waals surface area contributed by atoms with Gasteiger partial charge in [-0.25, -0.2) is 4.79 Å². The van der Waals surface area contributed by atoms with E-state index in [1.165, 1.54) is 6.92 Å². The Morgan fingerprint density at radius 3 is 2.50 bits per heavy atom. The van der Waals surface area contributed by atoms with Crippen LogP contribution in [-0.2, 0) is 14.3 Å². The molecule has 0 atom stereocenters. The van der Waals surface area contributed by atoms with Crippen LogP contribution in [0.1, 0.15) is 25.3 Å². The minimum Gasteiger partial charge on any atom is -0.462 e. The summed E-state index contributed by atoms with van der Waals surface area (Å²) in [5.74, 6) is -0.281. The summed E-state index contributed by atoms with van der Waals surface area (Å²) in [4.78, 5) is 23.3. The lowest BCUT2D eigenvalue weighted by molar-refractivity contribution is -0.140. The topological polar surface area (TPSA) is 43.4 Å². The molecule has 0 aliphatic heterocycles. The lowest BCUT2D eigenvalue weighted by atomic mass is 10.1. The second kappa shape index (κ2) is 5.63. The van der Waals surface area contributed by atoms with Crippen LogP contribution < -0.4 is 0 Å². The molecule has 0 bridgehead atoms. The van der Waals surface area contributed by atoms with Crippen LogP contribution in [0, 0.1) is 5.92 Å². The SMILES string of the molecule is CC(=O)/C(=C\c1ccccc1)C(=O)OCC1CC1. The second-order valence-electron chi connectivity index (χ2n) is 4.57. The third-order valence-corrected chi connectivity index (χ3v) is 2.86. The van der Waals surface area contributed by atoms with Gasteiger partial charge in [0.2, 0.25) is 0 Å². The van der Waals surface area contributed by atoms with Crippen molar-refractivity contribution in [2.24, 2.45) is 5.92 Å². The fraction of sp³-hybridized carbons (Fsp3) is 0.333. The summed E-state index contributed by atoms with van der Waals surface area (Å²) < 4.78 is 5.13. The molecule has 1 aliphatic carbocycles. The number of Topliss-reactive ketones (excluding diaryl/α,β-unsaturated/α-hetero) is 1. The molecule has 1 aliphatic rings. The summed E-state index contributed by atoms with van der Waals surface area (Å²) in [5, 5.41) is 0. The molecule has 0 aromatic heterocycles. The Kier molecular flexibility index (Phi) is 3.92. The number of rotatable bonds is 5. The molecule has 0 unspecified atom stereocenters. The van der Waals surface area contributed by atoms with Crippen molar-refractivity contribution >= 4 is 17.8 Å². The number of ketones is 1. The normalized spacial score (nSPS) is 15.3. The van der Waals surface area contributed by atoms with Gasteiger partial charge in [-0.15, -0.1) is 0 Å². The van der Waals surface area contributed by atoms with E-state index in [2.05, 4.69) is 0 Å². The van der Waals surface area contributed by atoms with Crippen LogP contribution in [0.2, 0.25) is 0 Å². The van der Waals surface area contributed by atoms with Gasteiger partial charge in [0.25, 0.3) is 0 Å². The van der Waals surface area contributed by atoms with E-state index in [1.54, 1.807) is 6.08 Å². The van der Waals surface area contributed by atoms with Gasteiger partial charge in [-0.3, -0.25) is 4.79 Å². The third kappa shape index (κ3) is 3.55. The van der Waals surface area contributed by atoms with E-state index in [1.807, 2.05) is 30.3 Å². The number of benzene rings is 1. The van der Waals surface area contributed by atoms with E-state index in [9.17, 15) is 9.59 Å². The molecule has 1 saturated carbocycles. The summed E-state index contributed by atoms with van der Waals surface area (Å²) in [6, 6.07) is 9.29. The summed E-state index contributed by atoms with van der Waals surface area (Å²) in [6.07, 6.45) is 3.81. The zero-order valence-corrected chi connectivity index (χ0v) is 10.4. The van der Waals surface area contributed by atoms with Gasteiger partial charge in [-0.05, 0) is 37.3 Å². The Labute approximate surface area is 106 Å². The van der Waals surface area contributed by atoms with E-state index in [4.69, 9.17) is 4.74 Å². The first-order chi connectivity index (χ1) is 8.66. The number of ether oxygens (including phenoxy) is 1. The zero-order chi connectivity index (χ0) is 13.0. The van der Waals surface area contributed by atoms with Gasteiger partial charge in [0, 0.05) is 0 Å². The molecule has 1 aromatic rings. The molecule has 1 aromatic carbocycles. The maximum Gasteiger partial charge on any atom is 0.341 e. The summed E-state index contributed by atoms with van der Waals surface area (Å²) in [5.41, 5.74) is 0.938. The molecule has 0 amide bonds. The molecule has 3 heteroatoms. The Hall–Kier alpha value is -1.90. The van der Waals surface area contributed by atoms with E-state index in [-0.39, 0.29) is 11.4 Å². The maximum absolute atomic E-state index is 11.8. The number of carbonyl (C=O) groups is 2. The maximum atomic E-state index is 11.8. The van der Waals surface area contributed by atoms with Crippen molar-refractivity contribution in [3.05, 3.63) is 41.5 Å². The van der Waals surface area contributed by atoms with Crippen LogP contribution in [0.4, 0.5) is 0 Å². The minimum atomic E-state index is -0.516. The molecule has 2 rings (SSSR count). The van der Waals surface area contributed by atoms with Gasteiger partial charge in [0.1, 0.15) is 5.57 Å². The van der Waals surface area contributed by atoms with Crippen molar-refractivity contribution in [3.8, 4) is 0 Å². The largest absolute Gasteiger partial charge is 0.462 e. The number of esters is 1. The highest BCUT2D eigenvalue weighted by atomic mass is 16.5. The zero-order valence-electron chi connectivity index (χ0n) is 10.4. The quantitative estimate of drug-likeness (QED) is 0.346. The van der Waals surface area contributed by atoms with Crippen molar-refractivity contribution in [3.63, 3.8) is 0 Å². The minimum absolute atomic E-state index is 0.113. The second-order valence-corrected chi connectivity index (χ2v) is 4.57. The number of carbonyl (C=O) groups excluding carboxylic acids is 2. The summed E-state index contributed by atoms with van der Waals surface area (Å²) in [6.45, 7) is 1.81. The average Bonchev–Trinajstić information content (AvgIpc) is 3.18. The average molecular weight is 244 g/mol. The van der Waals surface area contributed by atoms with Crippen molar-refractivity contribution in [1.82, 2.24) is 0 Å². The highest BCUT2D eigenvalue weighted by molar-refractivity contribution is 6.19. The first kappa shape index (κ1) is 12.6. The van der Waals surface area contributed by atoms with E-state index >= 15 is 0 Å².